The Balaban J connectivity index is 2.44. The summed E-state index contributed by atoms with van der Waals surface area (Å²) < 4.78 is 5.81. The molecular formula is C17H17ClO3. The summed E-state index contributed by atoms with van der Waals surface area (Å²) >= 11 is 5.94. The van der Waals surface area contributed by atoms with Crippen LogP contribution in [0.1, 0.15) is 41.3 Å². The molecule has 4 heteroatoms. The van der Waals surface area contributed by atoms with Crippen LogP contribution in [0.4, 0.5) is 0 Å². The van der Waals surface area contributed by atoms with Crippen molar-refractivity contribution in [2.75, 3.05) is 0 Å². The minimum Gasteiger partial charge on any atom is -0.478 e. The fraction of sp³-hybridized carbons (Fsp3) is 0.235. The Kier molecular flexibility index (Phi) is 4.53. The molecule has 0 fully saturated rings. The van der Waals surface area contributed by atoms with Crippen LogP contribution < -0.4 is 4.74 Å². The molecular weight excluding hydrogens is 288 g/mol. The van der Waals surface area contributed by atoms with Crippen molar-refractivity contribution in [3.05, 3.63) is 58.1 Å². The molecule has 0 aliphatic rings. The third-order valence-corrected chi connectivity index (χ3v) is 3.51. The summed E-state index contributed by atoms with van der Waals surface area (Å²) in [7, 11) is 0. The number of carboxylic acids is 1. The molecule has 0 saturated carbocycles. The van der Waals surface area contributed by atoms with Crippen LogP contribution >= 0.6 is 11.6 Å². The summed E-state index contributed by atoms with van der Waals surface area (Å²) in [5, 5.41) is 9.66. The van der Waals surface area contributed by atoms with E-state index in [1.165, 1.54) is 18.2 Å². The zero-order chi connectivity index (χ0) is 15.6. The second-order valence-corrected chi connectivity index (χ2v) is 5.66. The quantitative estimate of drug-likeness (QED) is 0.837. The smallest absolute Gasteiger partial charge is 0.339 e. The molecule has 0 aromatic heterocycles. The average molecular weight is 305 g/mol. The standard InChI is InChI=1S/C17H17ClO3/c1-10(2)12-5-4-11(3)15(8-12)21-16-9-13(18)6-7-14(16)17(19)20/h4-10H,1-3H3,(H,19,20). The molecule has 0 bridgehead atoms. The maximum Gasteiger partial charge on any atom is 0.339 e. The van der Waals surface area contributed by atoms with E-state index in [2.05, 4.69) is 13.8 Å². The number of hydrogen-bond donors (Lipinski definition) is 1. The van der Waals surface area contributed by atoms with Crippen molar-refractivity contribution in [2.45, 2.75) is 26.7 Å². The van der Waals surface area contributed by atoms with E-state index in [0.29, 0.717) is 16.7 Å². The van der Waals surface area contributed by atoms with Crippen LogP contribution in [-0.4, -0.2) is 11.1 Å². The zero-order valence-electron chi connectivity index (χ0n) is 12.2. The molecule has 0 aliphatic heterocycles. The molecule has 2 aromatic carbocycles. The van der Waals surface area contributed by atoms with Gasteiger partial charge in [-0.25, -0.2) is 4.79 Å². The van der Waals surface area contributed by atoms with Gasteiger partial charge in [0.15, 0.2) is 0 Å². The van der Waals surface area contributed by atoms with Gasteiger partial charge in [0.1, 0.15) is 17.1 Å². The van der Waals surface area contributed by atoms with Crippen LogP contribution in [0.5, 0.6) is 11.5 Å². The highest BCUT2D eigenvalue weighted by molar-refractivity contribution is 6.30. The Labute approximate surface area is 129 Å². The molecule has 0 saturated heterocycles. The minimum atomic E-state index is -1.04. The molecule has 1 N–H and O–H groups in total. The second-order valence-electron chi connectivity index (χ2n) is 5.23. The third-order valence-electron chi connectivity index (χ3n) is 3.27. The number of aryl methyl sites for hydroxylation is 1. The maximum absolute atomic E-state index is 11.3. The van der Waals surface area contributed by atoms with Crippen LogP contribution in [-0.2, 0) is 0 Å². The number of ether oxygens (including phenoxy) is 1. The van der Waals surface area contributed by atoms with Gasteiger partial charge < -0.3 is 9.84 Å². The normalized spacial score (nSPS) is 10.7. The first-order chi connectivity index (χ1) is 9.88. The molecule has 3 nitrogen and oxygen atoms in total. The van der Waals surface area contributed by atoms with Gasteiger partial charge in [-0.3, -0.25) is 0 Å². The molecule has 0 aliphatic carbocycles. The van der Waals surface area contributed by atoms with Crippen molar-refractivity contribution in [1.29, 1.82) is 0 Å². The van der Waals surface area contributed by atoms with E-state index < -0.39 is 5.97 Å². The Morgan fingerprint density at radius 1 is 1.14 bits per heavy atom. The SMILES string of the molecule is Cc1ccc(C(C)C)cc1Oc1cc(Cl)ccc1C(=O)O. The Hall–Kier alpha value is -2.00. The summed E-state index contributed by atoms with van der Waals surface area (Å²) in [4.78, 5) is 11.3. The van der Waals surface area contributed by atoms with Crippen molar-refractivity contribution in [3.8, 4) is 11.5 Å². The van der Waals surface area contributed by atoms with E-state index in [-0.39, 0.29) is 11.3 Å². The van der Waals surface area contributed by atoms with Crippen molar-refractivity contribution < 1.29 is 14.6 Å². The van der Waals surface area contributed by atoms with Gasteiger partial charge in [-0.05, 0) is 42.2 Å². The highest BCUT2D eigenvalue weighted by Crippen LogP contribution is 2.32. The Bertz CT molecular complexity index is 678. The number of aromatic carboxylic acids is 1. The van der Waals surface area contributed by atoms with Crippen molar-refractivity contribution in [2.24, 2.45) is 0 Å². The lowest BCUT2D eigenvalue weighted by atomic mass is 10.0. The molecule has 0 unspecified atom stereocenters. The van der Waals surface area contributed by atoms with Crippen LogP contribution in [0, 0.1) is 6.92 Å². The second kappa shape index (κ2) is 6.19. The van der Waals surface area contributed by atoms with Crippen LogP contribution in [0.2, 0.25) is 5.02 Å². The van der Waals surface area contributed by atoms with E-state index >= 15 is 0 Å². The first kappa shape index (κ1) is 15.4. The lowest BCUT2D eigenvalue weighted by molar-refractivity contribution is 0.0694. The van der Waals surface area contributed by atoms with Gasteiger partial charge >= 0.3 is 5.97 Å². The van der Waals surface area contributed by atoms with Crippen molar-refractivity contribution in [3.63, 3.8) is 0 Å². The number of hydrogen-bond acceptors (Lipinski definition) is 2. The van der Waals surface area contributed by atoms with E-state index in [4.69, 9.17) is 16.3 Å². The Morgan fingerprint density at radius 3 is 2.48 bits per heavy atom. The highest BCUT2D eigenvalue weighted by atomic mass is 35.5. The van der Waals surface area contributed by atoms with Gasteiger partial charge in [0, 0.05) is 11.1 Å². The number of benzene rings is 2. The van der Waals surface area contributed by atoms with Gasteiger partial charge in [0.05, 0.1) is 0 Å². The fourth-order valence-corrected chi connectivity index (χ4v) is 2.12. The van der Waals surface area contributed by atoms with Crippen molar-refractivity contribution in [1.82, 2.24) is 0 Å². The van der Waals surface area contributed by atoms with Crippen molar-refractivity contribution >= 4 is 17.6 Å². The van der Waals surface area contributed by atoms with Gasteiger partial charge in [-0.15, -0.1) is 0 Å². The van der Waals surface area contributed by atoms with E-state index in [9.17, 15) is 9.90 Å². The minimum absolute atomic E-state index is 0.0914. The molecule has 2 aromatic rings. The van der Waals surface area contributed by atoms with Crippen LogP contribution in [0.15, 0.2) is 36.4 Å². The molecule has 2 rings (SSSR count). The lowest BCUT2D eigenvalue weighted by Crippen LogP contribution is -2.01. The van der Waals surface area contributed by atoms with Gasteiger partial charge in [0.2, 0.25) is 0 Å². The zero-order valence-corrected chi connectivity index (χ0v) is 12.9. The number of carboxylic acid groups (broad SMARTS) is 1. The monoisotopic (exact) mass is 304 g/mol. The number of carbonyl (C=O) groups is 1. The third kappa shape index (κ3) is 3.56. The molecule has 21 heavy (non-hydrogen) atoms. The number of rotatable bonds is 4. The summed E-state index contributed by atoms with van der Waals surface area (Å²) in [5.41, 5.74) is 2.17. The number of halogens is 1. The topological polar surface area (TPSA) is 46.5 Å². The molecule has 110 valence electrons. The molecule has 0 spiro atoms. The van der Waals surface area contributed by atoms with Crippen LogP contribution in [0.3, 0.4) is 0 Å². The average Bonchev–Trinajstić information content (AvgIpc) is 2.40. The molecule has 0 atom stereocenters. The molecule has 0 amide bonds. The first-order valence-electron chi connectivity index (χ1n) is 6.69. The van der Waals surface area contributed by atoms with Gasteiger partial charge in [-0.2, -0.15) is 0 Å². The molecule has 0 heterocycles. The van der Waals surface area contributed by atoms with Crippen LogP contribution in [0.25, 0.3) is 0 Å². The summed E-state index contributed by atoms with van der Waals surface area (Å²) in [5.74, 6) is 0.218. The van der Waals surface area contributed by atoms with Gasteiger partial charge in [-0.1, -0.05) is 37.6 Å². The van der Waals surface area contributed by atoms with E-state index in [0.717, 1.165) is 11.1 Å². The molecule has 0 radical (unpaired) electrons. The highest BCUT2D eigenvalue weighted by Gasteiger charge is 2.14. The maximum atomic E-state index is 11.3. The predicted molar refractivity (Wildman–Crippen MR) is 83.8 cm³/mol. The summed E-state index contributed by atoms with van der Waals surface area (Å²) in [6.45, 7) is 6.11. The van der Waals surface area contributed by atoms with E-state index in [1.807, 2.05) is 25.1 Å². The predicted octanol–water partition coefficient (Wildman–Crippen LogP) is 5.26. The largest absolute Gasteiger partial charge is 0.478 e. The summed E-state index contributed by atoms with van der Waals surface area (Å²) in [6.07, 6.45) is 0. The summed E-state index contributed by atoms with van der Waals surface area (Å²) in [6, 6.07) is 10.5. The lowest BCUT2D eigenvalue weighted by Gasteiger charge is -2.14. The Morgan fingerprint density at radius 2 is 1.86 bits per heavy atom. The first-order valence-corrected chi connectivity index (χ1v) is 7.07. The van der Waals surface area contributed by atoms with E-state index in [1.54, 1.807) is 0 Å². The fourth-order valence-electron chi connectivity index (χ4n) is 1.96. The van der Waals surface area contributed by atoms with Gasteiger partial charge in [0.25, 0.3) is 0 Å².